The lowest BCUT2D eigenvalue weighted by Crippen LogP contribution is -2.08. The van der Waals surface area contributed by atoms with Gasteiger partial charge in [0.1, 0.15) is 5.75 Å². The van der Waals surface area contributed by atoms with Crippen LogP contribution in [0.2, 0.25) is 0 Å². The Bertz CT molecular complexity index is 452. The predicted octanol–water partition coefficient (Wildman–Crippen LogP) is 3.54. The van der Waals surface area contributed by atoms with Gasteiger partial charge in [-0.1, -0.05) is 0 Å². The smallest absolute Gasteiger partial charge is 0.389 e. The highest BCUT2D eigenvalue weighted by atomic mass is 19.4. The zero-order valence-corrected chi connectivity index (χ0v) is 9.72. The van der Waals surface area contributed by atoms with Crippen LogP contribution >= 0.6 is 0 Å². The molecule has 0 radical (unpaired) electrons. The SMILES string of the molecule is O=C(CCCC(F)(F)F)c1ccc2c(c1)CCO2. The minimum absolute atomic E-state index is 0.0703. The van der Waals surface area contributed by atoms with Crippen molar-refractivity contribution >= 4 is 5.78 Å². The number of ketones is 1. The van der Waals surface area contributed by atoms with Crippen molar-refractivity contribution in [2.45, 2.75) is 31.9 Å². The van der Waals surface area contributed by atoms with E-state index in [0.29, 0.717) is 12.2 Å². The molecule has 0 amide bonds. The summed E-state index contributed by atoms with van der Waals surface area (Å²) in [6, 6.07) is 5.04. The summed E-state index contributed by atoms with van der Waals surface area (Å²) >= 11 is 0. The second kappa shape index (κ2) is 5.00. The Labute approximate surface area is 103 Å². The van der Waals surface area contributed by atoms with Crippen LogP contribution in [0.25, 0.3) is 0 Å². The van der Waals surface area contributed by atoms with Crippen molar-refractivity contribution < 1.29 is 22.7 Å². The summed E-state index contributed by atoms with van der Waals surface area (Å²) in [5, 5.41) is 0. The molecule has 0 saturated carbocycles. The molecule has 0 bridgehead atoms. The van der Waals surface area contributed by atoms with E-state index in [9.17, 15) is 18.0 Å². The van der Waals surface area contributed by atoms with Crippen molar-refractivity contribution in [2.24, 2.45) is 0 Å². The van der Waals surface area contributed by atoms with E-state index < -0.39 is 12.6 Å². The molecular weight excluding hydrogens is 245 g/mol. The first-order chi connectivity index (χ1) is 8.46. The molecular formula is C13H13F3O2. The number of Topliss-reactive ketones (excluding diaryl/α,β-unsaturated/α-hetero) is 1. The zero-order chi connectivity index (χ0) is 13.2. The number of fused-ring (bicyclic) bond motifs is 1. The van der Waals surface area contributed by atoms with Crippen LogP contribution in [0, 0.1) is 0 Å². The van der Waals surface area contributed by atoms with E-state index in [-0.39, 0.29) is 18.6 Å². The summed E-state index contributed by atoms with van der Waals surface area (Å²) in [5.41, 5.74) is 1.43. The van der Waals surface area contributed by atoms with Gasteiger partial charge in [-0.05, 0) is 30.2 Å². The molecule has 18 heavy (non-hydrogen) atoms. The number of halogens is 3. The Balaban J connectivity index is 1.93. The molecule has 1 aliphatic heterocycles. The minimum Gasteiger partial charge on any atom is -0.493 e. The molecule has 0 aliphatic carbocycles. The van der Waals surface area contributed by atoms with Crippen LogP contribution < -0.4 is 4.74 Å². The van der Waals surface area contributed by atoms with Gasteiger partial charge in [0.25, 0.3) is 0 Å². The summed E-state index contributed by atoms with van der Waals surface area (Å²) in [6.07, 6.45) is -4.58. The maximum absolute atomic E-state index is 12.0. The molecule has 0 N–H and O–H groups in total. The molecule has 0 aromatic heterocycles. The second-order valence-corrected chi connectivity index (χ2v) is 4.31. The third-order valence-corrected chi connectivity index (χ3v) is 2.88. The Morgan fingerprint density at radius 1 is 1.33 bits per heavy atom. The van der Waals surface area contributed by atoms with Crippen LogP contribution in [0.1, 0.15) is 35.2 Å². The molecule has 0 spiro atoms. The third kappa shape index (κ3) is 3.24. The number of rotatable bonds is 4. The average molecular weight is 258 g/mol. The first kappa shape index (κ1) is 12.9. The molecule has 1 aliphatic rings. The fraction of sp³-hybridized carbons (Fsp3) is 0.462. The van der Waals surface area contributed by atoms with Gasteiger partial charge in [-0.2, -0.15) is 13.2 Å². The standard InChI is InChI=1S/C13H13F3O2/c14-13(15,16)6-1-2-11(17)9-3-4-12-10(8-9)5-7-18-12/h3-4,8H,1-2,5-7H2. The van der Waals surface area contributed by atoms with Gasteiger partial charge in [-0.25, -0.2) is 0 Å². The number of ether oxygens (including phenoxy) is 1. The summed E-state index contributed by atoms with van der Waals surface area (Å²) in [6.45, 7) is 0.598. The van der Waals surface area contributed by atoms with Crippen LogP contribution in [0.5, 0.6) is 5.75 Å². The van der Waals surface area contributed by atoms with Crippen LogP contribution in [-0.2, 0) is 6.42 Å². The topological polar surface area (TPSA) is 26.3 Å². The van der Waals surface area contributed by atoms with E-state index >= 15 is 0 Å². The lowest BCUT2D eigenvalue weighted by Gasteiger charge is -2.06. The summed E-state index contributed by atoms with van der Waals surface area (Å²) in [4.78, 5) is 11.7. The van der Waals surface area contributed by atoms with Gasteiger partial charge in [0.05, 0.1) is 6.61 Å². The first-order valence-electron chi connectivity index (χ1n) is 5.81. The molecule has 5 heteroatoms. The van der Waals surface area contributed by atoms with Crippen LogP contribution in [0.4, 0.5) is 13.2 Å². The van der Waals surface area contributed by atoms with Crippen LogP contribution in [0.3, 0.4) is 0 Å². The molecule has 1 aromatic carbocycles. The maximum Gasteiger partial charge on any atom is 0.389 e. The average Bonchev–Trinajstić information content (AvgIpc) is 2.73. The van der Waals surface area contributed by atoms with Gasteiger partial charge in [0, 0.05) is 24.8 Å². The molecule has 98 valence electrons. The Kier molecular flexibility index (Phi) is 3.59. The summed E-state index contributed by atoms with van der Waals surface area (Å²) in [5.74, 6) is 0.524. The highest BCUT2D eigenvalue weighted by Gasteiger charge is 2.26. The lowest BCUT2D eigenvalue weighted by atomic mass is 10.0. The number of hydrogen-bond acceptors (Lipinski definition) is 2. The van der Waals surface area contributed by atoms with E-state index in [1.165, 1.54) is 0 Å². The van der Waals surface area contributed by atoms with Crippen LogP contribution in [-0.4, -0.2) is 18.6 Å². The van der Waals surface area contributed by atoms with Gasteiger partial charge >= 0.3 is 6.18 Å². The van der Waals surface area contributed by atoms with Crippen molar-refractivity contribution in [3.05, 3.63) is 29.3 Å². The first-order valence-corrected chi connectivity index (χ1v) is 5.81. The largest absolute Gasteiger partial charge is 0.493 e. The molecule has 0 saturated heterocycles. The predicted molar refractivity (Wildman–Crippen MR) is 59.9 cm³/mol. The van der Waals surface area contributed by atoms with E-state index in [4.69, 9.17) is 4.74 Å². The highest BCUT2D eigenvalue weighted by molar-refractivity contribution is 5.96. The van der Waals surface area contributed by atoms with Gasteiger partial charge in [-0.3, -0.25) is 4.79 Å². The zero-order valence-electron chi connectivity index (χ0n) is 9.72. The number of carbonyl (C=O) groups is 1. The molecule has 1 heterocycles. The fourth-order valence-corrected chi connectivity index (χ4v) is 1.95. The Hall–Kier alpha value is -1.52. The van der Waals surface area contributed by atoms with Gasteiger partial charge in [0.15, 0.2) is 5.78 Å². The van der Waals surface area contributed by atoms with Crippen molar-refractivity contribution in [3.63, 3.8) is 0 Å². The second-order valence-electron chi connectivity index (χ2n) is 4.31. The van der Waals surface area contributed by atoms with E-state index in [1.54, 1.807) is 18.2 Å². The number of alkyl halides is 3. The quantitative estimate of drug-likeness (QED) is 0.772. The lowest BCUT2D eigenvalue weighted by molar-refractivity contribution is -0.135. The molecule has 0 atom stereocenters. The summed E-state index contributed by atoms with van der Waals surface area (Å²) < 4.78 is 41.2. The fourth-order valence-electron chi connectivity index (χ4n) is 1.95. The third-order valence-electron chi connectivity index (χ3n) is 2.88. The highest BCUT2D eigenvalue weighted by Crippen LogP contribution is 2.27. The monoisotopic (exact) mass is 258 g/mol. The summed E-state index contributed by atoms with van der Waals surface area (Å²) in [7, 11) is 0. The van der Waals surface area contributed by atoms with Crippen molar-refractivity contribution in [1.29, 1.82) is 0 Å². The normalized spacial score (nSPS) is 14.2. The molecule has 0 fully saturated rings. The molecule has 0 unspecified atom stereocenters. The number of carbonyl (C=O) groups excluding carboxylic acids is 1. The van der Waals surface area contributed by atoms with Gasteiger partial charge in [0.2, 0.25) is 0 Å². The van der Waals surface area contributed by atoms with Crippen molar-refractivity contribution in [1.82, 2.24) is 0 Å². The Morgan fingerprint density at radius 3 is 2.83 bits per heavy atom. The van der Waals surface area contributed by atoms with Gasteiger partial charge in [-0.15, -0.1) is 0 Å². The Morgan fingerprint density at radius 2 is 2.11 bits per heavy atom. The van der Waals surface area contributed by atoms with E-state index in [1.807, 2.05) is 0 Å². The van der Waals surface area contributed by atoms with E-state index in [0.717, 1.165) is 17.7 Å². The van der Waals surface area contributed by atoms with Gasteiger partial charge < -0.3 is 4.74 Å². The molecule has 1 aromatic rings. The van der Waals surface area contributed by atoms with Crippen LogP contribution in [0.15, 0.2) is 18.2 Å². The van der Waals surface area contributed by atoms with E-state index in [2.05, 4.69) is 0 Å². The maximum atomic E-state index is 12.0. The molecule has 2 nitrogen and oxygen atoms in total. The van der Waals surface area contributed by atoms with Crippen molar-refractivity contribution in [2.75, 3.05) is 6.61 Å². The number of hydrogen-bond donors (Lipinski definition) is 0. The number of benzene rings is 1. The van der Waals surface area contributed by atoms with Crippen molar-refractivity contribution in [3.8, 4) is 5.75 Å². The molecule has 2 rings (SSSR count). The minimum atomic E-state index is -4.19.